The smallest absolute Gasteiger partial charge is 0.340 e. The first-order valence-corrected chi connectivity index (χ1v) is 10.9. The van der Waals surface area contributed by atoms with Crippen molar-refractivity contribution in [2.75, 3.05) is 7.11 Å². The van der Waals surface area contributed by atoms with E-state index in [1.807, 2.05) is 0 Å². The van der Waals surface area contributed by atoms with Crippen LogP contribution in [0.3, 0.4) is 0 Å². The number of carboxylic acid groups (broad SMARTS) is 6. The van der Waals surface area contributed by atoms with E-state index >= 15 is 0 Å². The molecule has 0 fully saturated rings. The van der Waals surface area contributed by atoms with Gasteiger partial charge in [0.2, 0.25) is 0 Å². The molecule has 3 aromatic rings. The SMILES string of the molecule is COc1cccc(C(=O)O)c1C(=O)O.Cc1ccc(C(=O)O)c(C(=O)O)c1.Cc1ccc(C(=O)O)c(C(=O)O)c1. The largest absolute Gasteiger partial charge is 0.496 e. The second kappa shape index (κ2) is 14.3. The lowest BCUT2D eigenvalue weighted by Crippen LogP contribution is -2.09. The fraction of sp³-hybridized carbons (Fsp3) is 0.111. The molecule has 0 bridgehead atoms. The molecule has 0 radical (unpaired) electrons. The van der Waals surface area contributed by atoms with Gasteiger partial charge in [-0.2, -0.15) is 0 Å². The van der Waals surface area contributed by atoms with Gasteiger partial charge in [0.1, 0.15) is 11.3 Å². The Kier molecular flexibility index (Phi) is 11.5. The molecule has 0 spiro atoms. The molecule has 13 heteroatoms. The summed E-state index contributed by atoms with van der Waals surface area (Å²) in [6.45, 7) is 3.41. The third-order valence-electron chi connectivity index (χ3n) is 4.96. The minimum Gasteiger partial charge on any atom is -0.496 e. The summed E-state index contributed by atoms with van der Waals surface area (Å²) < 4.78 is 4.75. The van der Waals surface area contributed by atoms with E-state index < -0.39 is 35.8 Å². The minimum absolute atomic E-state index is 0.0393. The first-order valence-electron chi connectivity index (χ1n) is 10.9. The lowest BCUT2D eigenvalue weighted by atomic mass is 10.0. The van der Waals surface area contributed by atoms with E-state index in [1.165, 1.54) is 49.6 Å². The summed E-state index contributed by atoms with van der Waals surface area (Å²) in [6, 6.07) is 12.4. The lowest BCUT2D eigenvalue weighted by molar-refractivity contribution is 0.0648. The number of aryl methyl sites for hydroxylation is 2. The summed E-state index contributed by atoms with van der Waals surface area (Å²) in [5, 5.41) is 52.1. The van der Waals surface area contributed by atoms with E-state index in [-0.39, 0.29) is 39.1 Å². The average Bonchev–Trinajstić information content (AvgIpc) is 2.88. The summed E-state index contributed by atoms with van der Waals surface area (Å²) in [5.74, 6) is -7.46. The normalized spacial score (nSPS) is 9.57. The molecule has 0 aliphatic rings. The summed E-state index contributed by atoms with van der Waals surface area (Å²) in [4.78, 5) is 63.8. The van der Waals surface area contributed by atoms with Gasteiger partial charge in [-0.25, -0.2) is 28.8 Å². The first-order chi connectivity index (χ1) is 18.6. The molecule has 0 saturated heterocycles. The highest BCUT2D eigenvalue weighted by Crippen LogP contribution is 2.22. The van der Waals surface area contributed by atoms with Gasteiger partial charge in [0, 0.05) is 0 Å². The molecule has 0 aliphatic heterocycles. The molecule has 0 unspecified atom stereocenters. The number of hydrogen-bond donors (Lipinski definition) is 6. The van der Waals surface area contributed by atoms with Gasteiger partial charge in [0.15, 0.2) is 0 Å². The van der Waals surface area contributed by atoms with Gasteiger partial charge >= 0.3 is 35.8 Å². The Bertz CT molecular complexity index is 1400. The topological polar surface area (TPSA) is 233 Å². The van der Waals surface area contributed by atoms with Crippen molar-refractivity contribution >= 4 is 35.8 Å². The van der Waals surface area contributed by atoms with E-state index in [2.05, 4.69) is 0 Å². The van der Waals surface area contributed by atoms with Crippen LogP contribution < -0.4 is 4.74 Å². The Hall–Kier alpha value is -5.72. The fourth-order valence-electron chi connectivity index (χ4n) is 3.14. The first kappa shape index (κ1) is 32.3. The number of rotatable bonds is 7. The molecule has 0 saturated carbocycles. The molecule has 0 atom stereocenters. The minimum atomic E-state index is -1.32. The van der Waals surface area contributed by atoms with E-state index in [4.69, 9.17) is 35.4 Å². The number of aromatic carboxylic acids is 6. The van der Waals surface area contributed by atoms with Crippen LogP contribution in [0.1, 0.15) is 73.3 Å². The molecule has 40 heavy (non-hydrogen) atoms. The summed E-state index contributed by atoms with van der Waals surface area (Å²) in [5.41, 5.74) is 0.125. The van der Waals surface area contributed by atoms with Crippen LogP contribution in [0.5, 0.6) is 5.75 Å². The van der Waals surface area contributed by atoms with Crippen LogP contribution in [0.4, 0.5) is 0 Å². The van der Waals surface area contributed by atoms with Crippen LogP contribution in [-0.4, -0.2) is 73.6 Å². The van der Waals surface area contributed by atoms with Crippen LogP contribution in [-0.2, 0) is 0 Å². The molecule has 3 aromatic carbocycles. The van der Waals surface area contributed by atoms with Crippen LogP contribution in [0.25, 0.3) is 0 Å². The van der Waals surface area contributed by atoms with Crippen molar-refractivity contribution in [2.24, 2.45) is 0 Å². The number of ether oxygens (including phenoxy) is 1. The predicted octanol–water partition coefficient (Wildman–Crippen LogP) is 3.87. The van der Waals surface area contributed by atoms with Gasteiger partial charge in [-0.3, -0.25) is 0 Å². The monoisotopic (exact) mass is 556 g/mol. The summed E-state index contributed by atoms with van der Waals surface area (Å²) in [7, 11) is 1.29. The van der Waals surface area contributed by atoms with Crippen LogP contribution >= 0.6 is 0 Å². The van der Waals surface area contributed by atoms with Gasteiger partial charge in [0.05, 0.1) is 34.9 Å². The van der Waals surface area contributed by atoms with Crippen molar-refractivity contribution in [2.45, 2.75) is 13.8 Å². The molecule has 0 aromatic heterocycles. The van der Waals surface area contributed by atoms with E-state index in [0.29, 0.717) is 0 Å². The Morgan fingerprint density at radius 3 is 1.18 bits per heavy atom. The quantitative estimate of drug-likeness (QED) is 0.243. The molecule has 0 aliphatic carbocycles. The van der Waals surface area contributed by atoms with Crippen LogP contribution in [0.2, 0.25) is 0 Å². The van der Waals surface area contributed by atoms with Crippen molar-refractivity contribution in [3.63, 3.8) is 0 Å². The van der Waals surface area contributed by atoms with Crippen molar-refractivity contribution in [3.05, 3.63) is 99.1 Å². The molecule has 210 valence electrons. The average molecular weight is 556 g/mol. The highest BCUT2D eigenvalue weighted by atomic mass is 16.5. The van der Waals surface area contributed by atoms with Gasteiger partial charge in [-0.1, -0.05) is 29.3 Å². The van der Waals surface area contributed by atoms with Crippen molar-refractivity contribution in [1.29, 1.82) is 0 Å². The highest BCUT2D eigenvalue weighted by molar-refractivity contribution is 6.04. The Morgan fingerprint density at radius 2 is 0.875 bits per heavy atom. The molecule has 6 N–H and O–H groups in total. The van der Waals surface area contributed by atoms with E-state index in [1.54, 1.807) is 26.0 Å². The van der Waals surface area contributed by atoms with Crippen molar-refractivity contribution in [3.8, 4) is 5.75 Å². The summed E-state index contributed by atoms with van der Waals surface area (Å²) in [6.07, 6.45) is 0. The van der Waals surface area contributed by atoms with Crippen LogP contribution in [0, 0.1) is 13.8 Å². The zero-order valence-electron chi connectivity index (χ0n) is 21.2. The second-order valence-electron chi connectivity index (χ2n) is 7.81. The van der Waals surface area contributed by atoms with E-state index in [9.17, 15) is 28.8 Å². The molecular weight excluding hydrogens is 532 g/mol. The maximum atomic E-state index is 10.8. The highest BCUT2D eigenvalue weighted by Gasteiger charge is 2.20. The number of methoxy groups -OCH3 is 1. The van der Waals surface area contributed by atoms with Crippen molar-refractivity contribution < 1.29 is 64.1 Å². The van der Waals surface area contributed by atoms with Crippen molar-refractivity contribution in [1.82, 2.24) is 0 Å². The number of carbonyl (C=O) groups is 6. The summed E-state index contributed by atoms with van der Waals surface area (Å²) >= 11 is 0. The molecule has 0 amide bonds. The third-order valence-corrected chi connectivity index (χ3v) is 4.96. The maximum absolute atomic E-state index is 10.8. The molecule has 13 nitrogen and oxygen atoms in total. The maximum Gasteiger partial charge on any atom is 0.340 e. The van der Waals surface area contributed by atoms with Gasteiger partial charge in [0.25, 0.3) is 0 Å². The molecule has 3 rings (SSSR count). The molecule has 0 heterocycles. The zero-order chi connectivity index (χ0) is 30.7. The number of carboxylic acids is 6. The fourth-order valence-corrected chi connectivity index (χ4v) is 3.14. The van der Waals surface area contributed by atoms with Gasteiger partial charge in [-0.05, 0) is 50.2 Å². The Labute approximate surface area is 226 Å². The second-order valence-corrected chi connectivity index (χ2v) is 7.81. The van der Waals surface area contributed by atoms with Gasteiger partial charge in [-0.15, -0.1) is 0 Å². The van der Waals surface area contributed by atoms with Gasteiger partial charge < -0.3 is 35.4 Å². The molecular formula is C27H24O13. The predicted molar refractivity (Wildman–Crippen MR) is 137 cm³/mol. The lowest BCUT2D eigenvalue weighted by Gasteiger charge is -2.06. The Morgan fingerprint density at radius 1 is 0.500 bits per heavy atom. The number of hydrogen-bond acceptors (Lipinski definition) is 7. The third kappa shape index (κ3) is 8.69. The van der Waals surface area contributed by atoms with Crippen LogP contribution in [0.15, 0.2) is 54.6 Å². The standard InChI is InChI=1S/C9H8O5.2C9H8O4/c1-14-6-4-2-3-5(8(10)11)7(6)9(12)13;2*1-5-2-3-6(8(10)11)7(4-5)9(12)13/h2-4H,1H3,(H,10,11)(H,12,13);2*2-4H,1H3,(H,10,11)(H,12,13). The zero-order valence-corrected chi connectivity index (χ0v) is 21.2. The Balaban J connectivity index is 0.000000300. The number of benzene rings is 3. The van der Waals surface area contributed by atoms with E-state index in [0.717, 1.165) is 11.1 Å².